The Bertz CT molecular complexity index is 1210. The smallest absolute Gasteiger partial charge is 0.204 e. The highest BCUT2D eigenvalue weighted by molar-refractivity contribution is 7.95. The number of benzene rings is 3. The van der Waals surface area contributed by atoms with E-state index in [0.717, 1.165) is 5.56 Å². The summed E-state index contributed by atoms with van der Waals surface area (Å²) in [6.07, 6.45) is 1.27. The van der Waals surface area contributed by atoms with E-state index in [1.807, 2.05) is 19.1 Å². The normalized spacial score (nSPS) is 12.1. The minimum atomic E-state index is -4.00. The third kappa shape index (κ3) is 5.32. The van der Waals surface area contributed by atoms with Gasteiger partial charge in [0.25, 0.3) is 0 Å². The minimum absolute atomic E-state index is 0.172. The maximum atomic E-state index is 13.3. The summed E-state index contributed by atoms with van der Waals surface area (Å²) in [5.74, 6) is -0.966. The first-order valence-corrected chi connectivity index (χ1v) is 11.7. The van der Waals surface area contributed by atoms with Crippen molar-refractivity contribution in [2.75, 3.05) is 0 Å². The first-order chi connectivity index (χ1) is 14.2. The predicted octanol–water partition coefficient (Wildman–Crippen LogP) is 6.79. The zero-order valence-corrected chi connectivity index (χ0v) is 19.0. The molecule has 0 radical (unpaired) electrons. The Morgan fingerprint density at radius 1 is 0.900 bits per heavy atom. The average Bonchev–Trinajstić information content (AvgIpc) is 2.70. The van der Waals surface area contributed by atoms with E-state index in [4.69, 9.17) is 34.8 Å². The van der Waals surface area contributed by atoms with Crippen LogP contribution in [0.15, 0.2) is 71.6 Å². The second kappa shape index (κ2) is 9.36. The van der Waals surface area contributed by atoms with Crippen LogP contribution in [0, 0.1) is 6.92 Å². The van der Waals surface area contributed by atoms with Crippen molar-refractivity contribution in [2.45, 2.75) is 12.7 Å². The van der Waals surface area contributed by atoms with E-state index >= 15 is 0 Å². The number of halogens is 3. The van der Waals surface area contributed by atoms with E-state index in [0.29, 0.717) is 16.1 Å². The number of rotatable bonds is 6. The lowest BCUT2D eigenvalue weighted by Gasteiger charge is -2.11. The summed E-state index contributed by atoms with van der Waals surface area (Å²) in [4.78, 5) is 12.8. The molecule has 154 valence electrons. The number of carbonyl (C=O) groups excluding carboxylic acids is 1. The number of allylic oxidation sites excluding steroid dienone is 1. The van der Waals surface area contributed by atoms with Crippen molar-refractivity contribution < 1.29 is 13.2 Å². The molecular formula is C23H17Cl3O3S. The van der Waals surface area contributed by atoms with Crippen molar-refractivity contribution in [1.29, 1.82) is 0 Å². The van der Waals surface area contributed by atoms with E-state index in [9.17, 15) is 13.2 Å². The molecule has 0 aliphatic rings. The number of hydrogen-bond acceptors (Lipinski definition) is 3. The molecule has 0 unspecified atom stereocenters. The lowest BCUT2D eigenvalue weighted by atomic mass is 10.1. The number of hydrogen-bond donors (Lipinski definition) is 0. The van der Waals surface area contributed by atoms with Crippen LogP contribution in [0.4, 0.5) is 0 Å². The van der Waals surface area contributed by atoms with Gasteiger partial charge in [-0.15, -0.1) is 0 Å². The molecule has 0 aromatic heterocycles. The number of carbonyl (C=O) groups is 1. The fourth-order valence-corrected chi connectivity index (χ4v) is 4.78. The highest BCUT2D eigenvalue weighted by Crippen LogP contribution is 2.30. The van der Waals surface area contributed by atoms with Crippen LogP contribution in [0.5, 0.6) is 0 Å². The minimum Gasteiger partial charge on any atom is -0.288 e. The van der Waals surface area contributed by atoms with E-state index < -0.39 is 15.6 Å². The van der Waals surface area contributed by atoms with Crippen LogP contribution in [0.3, 0.4) is 0 Å². The molecule has 0 N–H and O–H groups in total. The van der Waals surface area contributed by atoms with Crippen molar-refractivity contribution in [3.63, 3.8) is 0 Å². The van der Waals surface area contributed by atoms with Gasteiger partial charge >= 0.3 is 0 Å². The Morgan fingerprint density at radius 3 is 2.17 bits per heavy atom. The van der Waals surface area contributed by atoms with E-state index in [-0.39, 0.29) is 26.3 Å². The average molecular weight is 480 g/mol. The molecule has 0 bridgehead atoms. The molecular weight excluding hydrogens is 463 g/mol. The number of sulfone groups is 1. The molecule has 0 saturated heterocycles. The Hall–Kier alpha value is -2.11. The van der Waals surface area contributed by atoms with Crippen LogP contribution in [-0.4, -0.2) is 14.2 Å². The van der Waals surface area contributed by atoms with Gasteiger partial charge in [-0.2, -0.15) is 0 Å². The summed E-state index contributed by atoms with van der Waals surface area (Å²) in [7, 11) is -4.00. The zero-order valence-electron chi connectivity index (χ0n) is 15.9. The third-order valence-corrected chi connectivity index (χ3v) is 7.18. The molecule has 0 atom stereocenters. The third-order valence-electron chi connectivity index (χ3n) is 4.41. The van der Waals surface area contributed by atoms with Gasteiger partial charge in [-0.25, -0.2) is 8.42 Å². The van der Waals surface area contributed by atoms with Crippen molar-refractivity contribution in [3.05, 3.63) is 109 Å². The first kappa shape index (κ1) is 22.6. The molecule has 7 heteroatoms. The Kier molecular flexibility index (Phi) is 7.04. The standard InChI is InChI=1S/C23H17Cl3O3S/c1-15-5-7-16(8-6-15)14-30(28,29)21(13-18-3-2-4-20(25)22(18)26)23(27)17-9-11-19(24)12-10-17/h2-13H,14H2,1H3/b21-13-. The van der Waals surface area contributed by atoms with E-state index in [1.165, 1.54) is 30.3 Å². The van der Waals surface area contributed by atoms with E-state index in [1.54, 1.807) is 30.3 Å². The fraction of sp³-hybridized carbons (Fsp3) is 0.0870. The summed E-state index contributed by atoms with van der Waals surface area (Å²) in [5, 5.41) is 0.878. The molecule has 0 aliphatic carbocycles. The van der Waals surface area contributed by atoms with Gasteiger partial charge in [0.2, 0.25) is 5.78 Å². The highest BCUT2D eigenvalue weighted by Gasteiger charge is 2.27. The topological polar surface area (TPSA) is 51.2 Å². The van der Waals surface area contributed by atoms with Gasteiger partial charge in [-0.3, -0.25) is 4.79 Å². The monoisotopic (exact) mass is 478 g/mol. The van der Waals surface area contributed by atoms with Crippen LogP contribution in [0.2, 0.25) is 15.1 Å². The van der Waals surface area contributed by atoms with Gasteiger partial charge in [0, 0.05) is 10.6 Å². The van der Waals surface area contributed by atoms with Gasteiger partial charge in [-0.1, -0.05) is 76.8 Å². The zero-order chi connectivity index (χ0) is 21.9. The fourth-order valence-electron chi connectivity index (χ4n) is 2.79. The number of Topliss-reactive ketones (excluding diaryl/α,β-unsaturated/α-hetero) is 1. The summed E-state index contributed by atoms with van der Waals surface area (Å²) in [5.41, 5.74) is 2.13. The summed E-state index contributed by atoms with van der Waals surface area (Å²) in [6, 6.07) is 18.0. The van der Waals surface area contributed by atoms with Crippen molar-refractivity contribution in [2.24, 2.45) is 0 Å². The number of ketones is 1. The molecule has 0 spiro atoms. The first-order valence-electron chi connectivity index (χ1n) is 8.91. The predicted molar refractivity (Wildman–Crippen MR) is 124 cm³/mol. The molecule has 3 aromatic carbocycles. The molecule has 0 saturated carbocycles. The molecule has 3 nitrogen and oxygen atoms in total. The van der Waals surface area contributed by atoms with Crippen LogP contribution < -0.4 is 0 Å². The maximum Gasteiger partial charge on any atom is 0.204 e. The van der Waals surface area contributed by atoms with Crippen LogP contribution in [0.25, 0.3) is 6.08 Å². The van der Waals surface area contributed by atoms with Gasteiger partial charge in [0.15, 0.2) is 9.84 Å². The Morgan fingerprint density at radius 2 is 1.53 bits per heavy atom. The summed E-state index contributed by atoms with van der Waals surface area (Å²) >= 11 is 18.2. The van der Waals surface area contributed by atoms with Crippen molar-refractivity contribution in [3.8, 4) is 0 Å². The quantitative estimate of drug-likeness (QED) is 0.289. The lowest BCUT2D eigenvalue weighted by Crippen LogP contribution is -2.16. The summed E-state index contributed by atoms with van der Waals surface area (Å²) in [6.45, 7) is 1.91. The lowest BCUT2D eigenvalue weighted by molar-refractivity contribution is 0.104. The molecule has 0 amide bonds. The van der Waals surface area contributed by atoms with Gasteiger partial charge in [0.05, 0.1) is 15.8 Å². The highest BCUT2D eigenvalue weighted by atomic mass is 35.5. The Balaban J connectivity index is 2.11. The largest absolute Gasteiger partial charge is 0.288 e. The molecule has 0 fully saturated rings. The van der Waals surface area contributed by atoms with Crippen LogP contribution in [0.1, 0.15) is 27.0 Å². The van der Waals surface area contributed by atoms with Gasteiger partial charge in [-0.05, 0) is 54.5 Å². The maximum absolute atomic E-state index is 13.3. The second-order valence-electron chi connectivity index (χ2n) is 6.73. The Labute approximate surface area is 190 Å². The molecule has 0 aliphatic heterocycles. The number of aryl methyl sites for hydroxylation is 1. The van der Waals surface area contributed by atoms with Crippen LogP contribution in [-0.2, 0) is 15.6 Å². The SMILES string of the molecule is Cc1ccc(CS(=O)(=O)/C(=C\c2cccc(Cl)c2Cl)C(=O)c2ccc(Cl)cc2)cc1. The van der Waals surface area contributed by atoms with Gasteiger partial charge in [0.1, 0.15) is 4.91 Å². The molecule has 3 aromatic rings. The molecule has 0 heterocycles. The van der Waals surface area contributed by atoms with E-state index in [2.05, 4.69) is 0 Å². The second-order valence-corrected chi connectivity index (χ2v) is 9.91. The van der Waals surface area contributed by atoms with Crippen molar-refractivity contribution >= 4 is 56.5 Å². The van der Waals surface area contributed by atoms with Gasteiger partial charge < -0.3 is 0 Å². The van der Waals surface area contributed by atoms with Crippen molar-refractivity contribution in [1.82, 2.24) is 0 Å². The molecule has 3 rings (SSSR count). The molecule has 30 heavy (non-hydrogen) atoms. The van der Waals surface area contributed by atoms with Crippen LogP contribution >= 0.6 is 34.8 Å². The summed E-state index contributed by atoms with van der Waals surface area (Å²) < 4.78 is 26.6.